The Kier molecular flexibility index (Phi) is 6.43. The molecule has 6 amide bonds. The van der Waals surface area contributed by atoms with Crippen LogP contribution in [0.2, 0.25) is 0 Å². The number of nitrogens with one attached hydrogen (secondary N) is 2. The third-order valence-corrected chi connectivity index (χ3v) is 5.36. The van der Waals surface area contributed by atoms with Gasteiger partial charge in [0.2, 0.25) is 11.8 Å². The molecule has 10 heteroatoms. The third-order valence-electron chi connectivity index (χ3n) is 5.36. The van der Waals surface area contributed by atoms with Gasteiger partial charge in [0.05, 0.1) is 6.54 Å². The van der Waals surface area contributed by atoms with E-state index in [1.807, 2.05) is 6.92 Å². The van der Waals surface area contributed by atoms with Gasteiger partial charge in [-0.25, -0.2) is 14.1 Å². The minimum absolute atomic E-state index is 0.0865. The van der Waals surface area contributed by atoms with E-state index in [4.69, 9.17) is 0 Å². The second-order valence-electron chi connectivity index (χ2n) is 7.51. The van der Waals surface area contributed by atoms with Gasteiger partial charge in [0.25, 0.3) is 0 Å². The van der Waals surface area contributed by atoms with Gasteiger partial charge in [-0.3, -0.25) is 24.1 Å². The third kappa shape index (κ3) is 4.64. The normalized spacial score (nSPS) is 21.7. The summed E-state index contributed by atoms with van der Waals surface area (Å²) in [5.74, 6) is -3.64. The summed E-state index contributed by atoms with van der Waals surface area (Å²) in [6.45, 7) is 0.874. The molecule has 0 bridgehead atoms. The molecule has 0 unspecified atom stereocenters. The number of halogens is 1. The lowest BCUT2D eigenvalue weighted by atomic mass is 9.85. The lowest BCUT2D eigenvalue weighted by molar-refractivity contribution is -0.145. The maximum absolute atomic E-state index is 12.9. The number of rotatable bonds is 6. The fraction of sp³-hybridized carbons (Fsp3) is 0.450. The van der Waals surface area contributed by atoms with Crippen LogP contribution in [0.4, 0.5) is 14.9 Å². The molecule has 9 nitrogen and oxygen atoms in total. The maximum Gasteiger partial charge on any atom is 0.334 e. The molecule has 30 heavy (non-hydrogen) atoms. The van der Waals surface area contributed by atoms with Crippen molar-refractivity contribution in [3.05, 3.63) is 30.1 Å². The molecular formula is C20H23FN4O5. The second-order valence-corrected chi connectivity index (χ2v) is 7.51. The molecule has 2 N–H and O–H groups in total. The number of hydrogen-bond donors (Lipinski definition) is 2. The van der Waals surface area contributed by atoms with Crippen molar-refractivity contribution in [2.75, 3.05) is 18.4 Å². The van der Waals surface area contributed by atoms with E-state index in [0.717, 1.165) is 24.2 Å². The molecule has 2 fully saturated rings. The van der Waals surface area contributed by atoms with E-state index in [9.17, 15) is 28.4 Å². The highest BCUT2D eigenvalue weighted by Gasteiger charge is 2.49. The van der Waals surface area contributed by atoms with E-state index in [0.29, 0.717) is 17.0 Å². The van der Waals surface area contributed by atoms with Crippen molar-refractivity contribution in [2.45, 2.75) is 38.6 Å². The van der Waals surface area contributed by atoms with Crippen LogP contribution in [-0.2, 0) is 19.2 Å². The molecule has 2 atom stereocenters. The van der Waals surface area contributed by atoms with Gasteiger partial charge in [-0.2, -0.15) is 0 Å². The van der Waals surface area contributed by atoms with E-state index in [2.05, 4.69) is 10.6 Å². The van der Waals surface area contributed by atoms with Crippen molar-refractivity contribution in [1.82, 2.24) is 15.1 Å². The Morgan fingerprint density at radius 1 is 1.03 bits per heavy atom. The van der Waals surface area contributed by atoms with Crippen LogP contribution < -0.4 is 10.6 Å². The van der Waals surface area contributed by atoms with Crippen molar-refractivity contribution >= 4 is 35.3 Å². The number of urea groups is 1. The van der Waals surface area contributed by atoms with Crippen LogP contribution in [0, 0.1) is 11.7 Å². The Bertz CT molecular complexity index is 872. The van der Waals surface area contributed by atoms with Gasteiger partial charge in [-0.1, -0.05) is 19.8 Å². The highest BCUT2D eigenvalue weighted by molar-refractivity contribution is 6.45. The van der Waals surface area contributed by atoms with E-state index in [1.165, 1.54) is 24.3 Å². The molecule has 1 saturated carbocycles. The lowest BCUT2D eigenvalue weighted by Crippen LogP contribution is -2.47. The Balaban J connectivity index is 1.53. The average Bonchev–Trinajstić information content (AvgIpc) is 2.92. The van der Waals surface area contributed by atoms with E-state index in [-0.39, 0.29) is 12.0 Å². The zero-order chi connectivity index (χ0) is 21.8. The van der Waals surface area contributed by atoms with Crippen molar-refractivity contribution in [2.24, 2.45) is 5.92 Å². The maximum atomic E-state index is 12.9. The first kappa shape index (κ1) is 21.4. The van der Waals surface area contributed by atoms with Gasteiger partial charge in [-0.15, -0.1) is 0 Å². The zero-order valence-corrected chi connectivity index (χ0v) is 16.5. The van der Waals surface area contributed by atoms with Gasteiger partial charge in [0.15, 0.2) is 0 Å². The summed E-state index contributed by atoms with van der Waals surface area (Å²) in [6.07, 6.45) is 3.37. The van der Waals surface area contributed by atoms with E-state index in [1.54, 1.807) is 0 Å². The van der Waals surface area contributed by atoms with Crippen molar-refractivity contribution in [3.63, 3.8) is 0 Å². The van der Waals surface area contributed by atoms with Crippen molar-refractivity contribution in [1.29, 1.82) is 0 Å². The summed E-state index contributed by atoms with van der Waals surface area (Å²) in [5.41, 5.74) is 0.350. The number of anilines is 1. The minimum Gasteiger partial charge on any atom is -0.345 e. The number of benzene rings is 1. The molecule has 1 heterocycles. The molecule has 160 valence electrons. The number of carbonyl (C=O) groups excluding carboxylic acids is 5. The van der Waals surface area contributed by atoms with Crippen molar-refractivity contribution in [3.8, 4) is 0 Å². The number of carbonyl (C=O) groups is 5. The molecule has 1 saturated heterocycles. The number of amides is 6. The summed E-state index contributed by atoms with van der Waals surface area (Å²) in [4.78, 5) is 62.8. The highest BCUT2D eigenvalue weighted by Crippen LogP contribution is 2.31. The molecule has 1 aromatic carbocycles. The minimum atomic E-state index is -1.04. The molecule has 1 aliphatic heterocycles. The second kappa shape index (κ2) is 9.02. The predicted octanol–water partition coefficient (Wildman–Crippen LogP) is 1.25. The smallest absolute Gasteiger partial charge is 0.334 e. The molecule has 0 radical (unpaired) electrons. The van der Waals surface area contributed by atoms with Gasteiger partial charge in [0.1, 0.15) is 12.4 Å². The summed E-state index contributed by atoms with van der Waals surface area (Å²) in [6, 6.07) is 3.93. The standard InChI is InChI=1S/C20H23FN4O5/c1-12-4-2-3-5-15(12)25-19(29)18(28)24(20(25)30)11-17(27)22-10-16(26)23-14-8-6-13(21)7-9-14/h6-9,12,15H,2-5,10-11H2,1H3,(H,22,27)(H,23,26)/t12-,15-/m0/s1. The number of hydrogen-bond acceptors (Lipinski definition) is 5. The van der Waals surface area contributed by atoms with Gasteiger partial charge >= 0.3 is 17.8 Å². The largest absolute Gasteiger partial charge is 0.345 e. The molecule has 0 spiro atoms. The molecule has 3 rings (SSSR count). The van der Waals surface area contributed by atoms with E-state index >= 15 is 0 Å². The summed E-state index contributed by atoms with van der Waals surface area (Å²) >= 11 is 0. The Hall–Kier alpha value is -3.30. The Morgan fingerprint density at radius 2 is 1.70 bits per heavy atom. The molecule has 2 aliphatic rings. The van der Waals surface area contributed by atoms with Crippen LogP contribution in [-0.4, -0.2) is 58.6 Å². The van der Waals surface area contributed by atoms with Crippen LogP contribution in [0.25, 0.3) is 0 Å². The first-order valence-electron chi connectivity index (χ1n) is 9.79. The molecule has 1 aromatic rings. The molecule has 0 aromatic heterocycles. The fourth-order valence-corrected chi connectivity index (χ4v) is 3.75. The average molecular weight is 418 g/mol. The van der Waals surface area contributed by atoms with Crippen LogP contribution in [0.1, 0.15) is 32.6 Å². The number of nitrogens with zero attached hydrogens (tertiary/aromatic N) is 2. The van der Waals surface area contributed by atoms with Crippen LogP contribution in [0.5, 0.6) is 0 Å². The van der Waals surface area contributed by atoms with Gasteiger partial charge < -0.3 is 10.6 Å². The monoisotopic (exact) mass is 418 g/mol. The molecule has 1 aliphatic carbocycles. The van der Waals surface area contributed by atoms with Crippen LogP contribution >= 0.6 is 0 Å². The Labute approximate surface area is 172 Å². The lowest BCUT2D eigenvalue weighted by Gasteiger charge is -2.34. The van der Waals surface area contributed by atoms with Crippen LogP contribution in [0.15, 0.2) is 24.3 Å². The SMILES string of the molecule is C[C@H]1CCCC[C@@H]1N1C(=O)C(=O)N(CC(=O)NCC(=O)Nc2ccc(F)cc2)C1=O. The number of imide groups is 2. The first-order valence-corrected chi connectivity index (χ1v) is 9.79. The van der Waals surface area contributed by atoms with Crippen LogP contribution in [0.3, 0.4) is 0 Å². The summed E-state index contributed by atoms with van der Waals surface area (Å²) in [7, 11) is 0. The van der Waals surface area contributed by atoms with Gasteiger partial charge in [-0.05, 0) is 43.0 Å². The zero-order valence-electron chi connectivity index (χ0n) is 16.5. The fourth-order valence-electron chi connectivity index (χ4n) is 3.75. The first-order chi connectivity index (χ1) is 14.3. The highest BCUT2D eigenvalue weighted by atomic mass is 19.1. The topological polar surface area (TPSA) is 116 Å². The van der Waals surface area contributed by atoms with Crippen molar-refractivity contribution < 1.29 is 28.4 Å². The Morgan fingerprint density at radius 3 is 2.37 bits per heavy atom. The molecular weight excluding hydrogens is 395 g/mol. The van der Waals surface area contributed by atoms with Gasteiger partial charge in [0, 0.05) is 11.7 Å². The predicted molar refractivity (Wildman–Crippen MR) is 103 cm³/mol. The van der Waals surface area contributed by atoms with E-state index < -0.39 is 48.6 Å². The quantitative estimate of drug-likeness (QED) is 0.533. The summed E-state index contributed by atoms with van der Waals surface area (Å²) in [5, 5.41) is 4.77. The summed E-state index contributed by atoms with van der Waals surface area (Å²) < 4.78 is 12.9.